The number of pyridine rings is 1. The Kier molecular flexibility index (Phi) is 7.52. The van der Waals surface area contributed by atoms with Gasteiger partial charge in [0.1, 0.15) is 11.6 Å². The largest absolute Gasteiger partial charge is 0.496 e. The molecule has 1 aliphatic heterocycles. The Morgan fingerprint density at radius 1 is 0.926 bits per heavy atom. The van der Waals surface area contributed by atoms with Gasteiger partial charge >= 0.3 is 0 Å². The summed E-state index contributed by atoms with van der Waals surface area (Å²) in [5.41, 5.74) is 6.67. The molecule has 2 fully saturated rings. The zero-order chi connectivity index (χ0) is 18.9. The average Bonchev–Trinajstić information content (AvgIpc) is 2.75. The first-order valence-corrected chi connectivity index (χ1v) is 10.3. The van der Waals surface area contributed by atoms with Crippen LogP contribution in [-0.4, -0.2) is 36.1 Å². The molecule has 0 bridgehead atoms. The SMILES string of the molecule is COc1ccccc1C1CCC(N2CCCCC2)CC1.Nc1ccccn1. The van der Waals surface area contributed by atoms with Gasteiger partial charge in [-0.15, -0.1) is 0 Å². The van der Waals surface area contributed by atoms with Gasteiger partial charge in [0.2, 0.25) is 0 Å². The van der Waals surface area contributed by atoms with Crippen LogP contribution in [0.2, 0.25) is 0 Å². The van der Waals surface area contributed by atoms with E-state index in [1.165, 1.54) is 63.6 Å². The van der Waals surface area contributed by atoms with Crippen LogP contribution in [0.3, 0.4) is 0 Å². The van der Waals surface area contributed by atoms with Crippen LogP contribution >= 0.6 is 0 Å². The summed E-state index contributed by atoms with van der Waals surface area (Å²) in [5, 5.41) is 0. The molecule has 1 saturated carbocycles. The molecule has 0 spiro atoms. The van der Waals surface area contributed by atoms with Crippen molar-refractivity contribution in [1.29, 1.82) is 0 Å². The minimum Gasteiger partial charge on any atom is -0.496 e. The van der Waals surface area contributed by atoms with Crippen molar-refractivity contribution in [3.63, 3.8) is 0 Å². The Balaban J connectivity index is 0.000000253. The molecule has 1 aromatic carbocycles. The molecule has 2 heterocycles. The lowest BCUT2D eigenvalue weighted by molar-refractivity contribution is 0.125. The molecule has 0 radical (unpaired) electrons. The third-order valence-electron chi connectivity index (χ3n) is 5.87. The standard InChI is InChI=1S/C18H27NO.C5H6N2/c1-20-18-8-4-3-7-17(18)15-9-11-16(12-10-15)19-13-5-2-6-14-19;6-5-3-1-2-4-7-5/h3-4,7-8,15-16H,2,5-6,9-14H2,1H3;1-4H,(H2,6,7). The average molecular weight is 368 g/mol. The second kappa shape index (κ2) is 10.3. The second-order valence-corrected chi connectivity index (χ2v) is 7.60. The normalized spacial score (nSPS) is 23.1. The van der Waals surface area contributed by atoms with Gasteiger partial charge in [0.05, 0.1) is 7.11 Å². The van der Waals surface area contributed by atoms with E-state index in [1.54, 1.807) is 19.4 Å². The number of nitrogens with two attached hydrogens (primary N) is 1. The highest BCUT2D eigenvalue weighted by Gasteiger charge is 2.28. The molecule has 27 heavy (non-hydrogen) atoms. The molecule has 0 amide bonds. The maximum Gasteiger partial charge on any atom is 0.123 e. The fraction of sp³-hybridized carbons (Fsp3) is 0.522. The number of rotatable bonds is 3. The first-order chi connectivity index (χ1) is 13.3. The highest BCUT2D eigenvalue weighted by atomic mass is 16.5. The molecule has 2 N–H and O–H groups in total. The Labute approximate surface area is 163 Å². The van der Waals surface area contributed by atoms with Gasteiger partial charge in [-0.2, -0.15) is 0 Å². The van der Waals surface area contributed by atoms with Crippen LogP contribution in [0.5, 0.6) is 5.75 Å². The monoisotopic (exact) mass is 367 g/mol. The number of ether oxygens (including phenoxy) is 1. The lowest BCUT2D eigenvalue weighted by Crippen LogP contribution is -2.41. The van der Waals surface area contributed by atoms with Crippen LogP contribution in [0.1, 0.15) is 56.4 Å². The molecular formula is C23H33N3O. The lowest BCUT2D eigenvalue weighted by atomic mass is 9.80. The topological polar surface area (TPSA) is 51.4 Å². The number of hydrogen-bond donors (Lipinski definition) is 1. The predicted molar refractivity (Wildman–Crippen MR) is 112 cm³/mol. The van der Waals surface area contributed by atoms with Gasteiger partial charge in [-0.05, 0) is 81.3 Å². The number of benzene rings is 1. The molecule has 4 heteroatoms. The van der Waals surface area contributed by atoms with Crippen molar-refractivity contribution < 1.29 is 4.74 Å². The van der Waals surface area contributed by atoms with Crippen molar-refractivity contribution >= 4 is 5.82 Å². The molecule has 146 valence electrons. The summed E-state index contributed by atoms with van der Waals surface area (Å²) < 4.78 is 5.53. The van der Waals surface area contributed by atoms with Crippen molar-refractivity contribution in [2.24, 2.45) is 0 Å². The number of piperidine rings is 1. The predicted octanol–water partition coefficient (Wildman–Crippen LogP) is 4.87. The van der Waals surface area contributed by atoms with E-state index in [0.717, 1.165) is 11.8 Å². The van der Waals surface area contributed by atoms with E-state index in [2.05, 4.69) is 34.1 Å². The van der Waals surface area contributed by atoms with E-state index in [0.29, 0.717) is 11.7 Å². The van der Waals surface area contributed by atoms with Crippen molar-refractivity contribution in [2.75, 3.05) is 25.9 Å². The smallest absolute Gasteiger partial charge is 0.123 e. The van der Waals surface area contributed by atoms with Gasteiger partial charge in [-0.3, -0.25) is 0 Å². The summed E-state index contributed by atoms with van der Waals surface area (Å²) in [6.45, 7) is 2.67. The van der Waals surface area contributed by atoms with E-state index >= 15 is 0 Å². The summed E-state index contributed by atoms with van der Waals surface area (Å²) in [7, 11) is 1.79. The van der Waals surface area contributed by atoms with Crippen LogP contribution in [0.25, 0.3) is 0 Å². The summed E-state index contributed by atoms with van der Waals surface area (Å²) >= 11 is 0. The number of methoxy groups -OCH3 is 1. The van der Waals surface area contributed by atoms with E-state index in [9.17, 15) is 0 Å². The third kappa shape index (κ3) is 5.70. The van der Waals surface area contributed by atoms with E-state index in [1.807, 2.05) is 12.1 Å². The molecule has 2 aliphatic rings. The van der Waals surface area contributed by atoms with E-state index in [-0.39, 0.29) is 0 Å². The number of para-hydroxylation sites is 1. The Hall–Kier alpha value is -2.07. The molecule has 4 rings (SSSR count). The van der Waals surface area contributed by atoms with Crippen LogP contribution in [-0.2, 0) is 0 Å². The van der Waals surface area contributed by atoms with Crippen LogP contribution in [0, 0.1) is 0 Å². The van der Waals surface area contributed by atoms with Crippen molar-refractivity contribution in [3.8, 4) is 5.75 Å². The van der Waals surface area contributed by atoms with Crippen molar-refractivity contribution in [2.45, 2.75) is 56.9 Å². The van der Waals surface area contributed by atoms with Crippen LogP contribution in [0.15, 0.2) is 48.7 Å². The summed E-state index contributed by atoms with van der Waals surface area (Å²) in [6, 6.07) is 14.9. The van der Waals surface area contributed by atoms with E-state index < -0.39 is 0 Å². The molecule has 4 nitrogen and oxygen atoms in total. The van der Waals surface area contributed by atoms with Gasteiger partial charge in [0.15, 0.2) is 0 Å². The van der Waals surface area contributed by atoms with Gasteiger partial charge in [-0.25, -0.2) is 4.98 Å². The lowest BCUT2D eigenvalue weighted by Gasteiger charge is -2.39. The number of likely N-dealkylation sites (tertiary alicyclic amines) is 1. The highest BCUT2D eigenvalue weighted by Crippen LogP contribution is 2.39. The number of hydrogen-bond acceptors (Lipinski definition) is 4. The van der Waals surface area contributed by atoms with Crippen LogP contribution < -0.4 is 10.5 Å². The van der Waals surface area contributed by atoms with E-state index in [4.69, 9.17) is 10.5 Å². The Bertz CT molecular complexity index is 662. The molecular weight excluding hydrogens is 334 g/mol. The summed E-state index contributed by atoms with van der Waals surface area (Å²) in [4.78, 5) is 6.51. The molecule has 1 aliphatic carbocycles. The first-order valence-electron chi connectivity index (χ1n) is 10.3. The van der Waals surface area contributed by atoms with Crippen molar-refractivity contribution in [3.05, 3.63) is 54.2 Å². The molecule has 0 unspecified atom stereocenters. The number of nitrogen functional groups attached to an aromatic ring is 1. The minimum atomic E-state index is 0.572. The maximum atomic E-state index is 5.53. The summed E-state index contributed by atoms with van der Waals surface area (Å²) in [5.74, 6) is 2.35. The van der Waals surface area contributed by atoms with Gasteiger partial charge in [0.25, 0.3) is 0 Å². The first kappa shape index (κ1) is 19.7. The van der Waals surface area contributed by atoms with Crippen LogP contribution in [0.4, 0.5) is 5.82 Å². The summed E-state index contributed by atoms with van der Waals surface area (Å²) in [6.07, 6.45) is 11.3. The molecule has 1 saturated heterocycles. The maximum absolute atomic E-state index is 5.53. The minimum absolute atomic E-state index is 0.572. The number of anilines is 1. The molecule has 2 aromatic rings. The molecule has 1 aromatic heterocycles. The highest BCUT2D eigenvalue weighted by molar-refractivity contribution is 5.36. The quantitative estimate of drug-likeness (QED) is 0.841. The van der Waals surface area contributed by atoms with Gasteiger partial charge in [0, 0.05) is 12.2 Å². The van der Waals surface area contributed by atoms with Gasteiger partial charge in [-0.1, -0.05) is 30.7 Å². The zero-order valence-corrected chi connectivity index (χ0v) is 16.5. The molecule has 0 atom stereocenters. The Morgan fingerprint density at radius 3 is 2.22 bits per heavy atom. The van der Waals surface area contributed by atoms with Gasteiger partial charge < -0.3 is 15.4 Å². The number of aromatic nitrogens is 1. The third-order valence-corrected chi connectivity index (χ3v) is 5.87. The second-order valence-electron chi connectivity index (χ2n) is 7.60. The fourth-order valence-corrected chi connectivity index (χ4v) is 4.42. The Morgan fingerprint density at radius 2 is 1.63 bits per heavy atom. The fourth-order valence-electron chi connectivity index (χ4n) is 4.42. The van der Waals surface area contributed by atoms with Crippen molar-refractivity contribution in [1.82, 2.24) is 9.88 Å². The number of nitrogens with zero attached hydrogens (tertiary/aromatic N) is 2. The zero-order valence-electron chi connectivity index (χ0n) is 16.5.